The highest BCUT2D eigenvalue weighted by Crippen LogP contribution is 2.24. The second-order valence-electron chi connectivity index (χ2n) is 4.09. The summed E-state index contributed by atoms with van der Waals surface area (Å²) in [5.41, 5.74) is 1.06. The smallest absolute Gasteiger partial charge is 0.209 e. The van der Waals surface area contributed by atoms with Gasteiger partial charge in [-0.3, -0.25) is 0 Å². The maximum absolute atomic E-state index is 5.59. The van der Waals surface area contributed by atoms with Crippen molar-refractivity contribution in [2.75, 3.05) is 0 Å². The normalized spacial score (nSPS) is 11.2. The zero-order valence-electron chi connectivity index (χ0n) is 9.78. The Kier molecular flexibility index (Phi) is 3.10. The van der Waals surface area contributed by atoms with Crippen LogP contribution in [0.25, 0.3) is 11.5 Å². The van der Waals surface area contributed by atoms with Crippen molar-refractivity contribution in [1.29, 1.82) is 0 Å². The quantitative estimate of drug-likeness (QED) is 0.860. The van der Waals surface area contributed by atoms with Crippen LogP contribution in [0, 0.1) is 6.92 Å². The van der Waals surface area contributed by atoms with Gasteiger partial charge in [-0.1, -0.05) is 13.8 Å². The highest BCUT2D eigenvalue weighted by molar-refractivity contribution is 5.53. The Morgan fingerprint density at radius 2 is 2.25 bits per heavy atom. The van der Waals surface area contributed by atoms with Gasteiger partial charge in [-0.2, -0.15) is 0 Å². The van der Waals surface area contributed by atoms with Crippen LogP contribution < -0.4 is 5.32 Å². The molecule has 0 aliphatic heterocycles. The van der Waals surface area contributed by atoms with Gasteiger partial charge >= 0.3 is 0 Å². The SMILES string of the molecule is Cc1ccoc1-c1cnc(CNC(C)C)o1. The van der Waals surface area contributed by atoms with Crippen LogP contribution >= 0.6 is 0 Å². The molecular formula is C12H16N2O2. The van der Waals surface area contributed by atoms with E-state index < -0.39 is 0 Å². The van der Waals surface area contributed by atoms with Crippen molar-refractivity contribution < 1.29 is 8.83 Å². The summed E-state index contributed by atoms with van der Waals surface area (Å²) in [4.78, 5) is 4.20. The van der Waals surface area contributed by atoms with E-state index in [1.807, 2.05) is 13.0 Å². The van der Waals surface area contributed by atoms with Crippen LogP contribution in [0.4, 0.5) is 0 Å². The van der Waals surface area contributed by atoms with E-state index in [2.05, 4.69) is 24.1 Å². The molecule has 4 nitrogen and oxygen atoms in total. The Hall–Kier alpha value is -1.55. The molecule has 0 spiro atoms. The zero-order valence-corrected chi connectivity index (χ0v) is 9.78. The fraction of sp³-hybridized carbons (Fsp3) is 0.417. The fourth-order valence-electron chi connectivity index (χ4n) is 1.41. The first-order valence-electron chi connectivity index (χ1n) is 5.39. The second-order valence-corrected chi connectivity index (χ2v) is 4.09. The predicted octanol–water partition coefficient (Wildman–Crippen LogP) is 2.74. The number of aryl methyl sites for hydroxylation is 1. The van der Waals surface area contributed by atoms with Crippen molar-refractivity contribution >= 4 is 0 Å². The molecule has 0 radical (unpaired) electrons. The molecule has 0 amide bonds. The molecular weight excluding hydrogens is 204 g/mol. The average molecular weight is 220 g/mol. The van der Waals surface area contributed by atoms with Crippen molar-refractivity contribution in [2.45, 2.75) is 33.4 Å². The summed E-state index contributed by atoms with van der Waals surface area (Å²) in [7, 11) is 0. The molecule has 2 heterocycles. The highest BCUT2D eigenvalue weighted by Gasteiger charge is 2.11. The maximum atomic E-state index is 5.59. The largest absolute Gasteiger partial charge is 0.461 e. The summed E-state index contributed by atoms with van der Waals surface area (Å²) in [5, 5.41) is 3.25. The first-order valence-corrected chi connectivity index (χ1v) is 5.39. The number of rotatable bonds is 4. The van der Waals surface area contributed by atoms with E-state index in [4.69, 9.17) is 8.83 Å². The summed E-state index contributed by atoms with van der Waals surface area (Å²) in [6.07, 6.45) is 3.35. The van der Waals surface area contributed by atoms with Gasteiger partial charge in [0, 0.05) is 6.04 Å². The monoisotopic (exact) mass is 220 g/mol. The van der Waals surface area contributed by atoms with Crippen LogP contribution in [0.3, 0.4) is 0 Å². The molecule has 0 saturated heterocycles. The fourth-order valence-corrected chi connectivity index (χ4v) is 1.41. The van der Waals surface area contributed by atoms with Gasteiger partial charge in [0.05, 0.1) is 19.0 Å². The van der Waals surface area contributed by atoms with E-state index in [-0.39, 0.29) is 0 Å². The zero-order chi connectivity index (χ0) is 11.5. The van der Waals surface area contributed by atoms with E-state index in [1.54, 1.807) is 12.5 Å². The number of hydrogen-bond acceptors (Lipinski definition) is 4. The van der Waals surface area contributed by atoms with Gasteiger partial charge in [-0.05, 0) is 18.6 Å². The molecule has 86 valence electrons. The Balaban J connectivity index is 2.11. The van der Waals surface area contributed by atoms with E-state index in [0.717, 1.165) is 11.3 Å². The second kappa shape index (κ2) is 4.53. The van der Waals surface area contributed by atoms with E-state index in [1.165, 1.54) is 0 Å². The van der Waals surface area contributed by atoms with Crippen molar-refractivity contribution in [3.05, 3.63) is 30.0 Å². The van der Waals surface area contributed by atoms with Gasteiger partial charge in [-0.15, -0.1) is 0 Å². The molecule has 2 aromatic heterocycles. The number of furan rings is 1. The summed E-state index contributed by atoms with van der Waals surface area (Å²) in [5.74, 6) is 2.12. The Labute approximate surface area is 94.7 Å². The van der Waals surface area contributed by atoms with Gasteiger partial charge in [0.15, 0.2) is 11.5 Å². The van der Waals surface area contributed by atoms with Crippen molar-refractivity contribution in [1.82, 2.24) is 10.3 Å². The number of nitrogens with zero attached hydrogens (tertiary/aromatic N) is 1. The molecule has 0 aromatic carbocycles. The third kappa shape index (κ3) is 2.33. The number of aromatic nitrogens is 1. The Bertz CT molecular complexity index is 457. The van der Waals surface area contributed by atoms with E-state index in [0.29, 0.717) is 24.2 Å². The van der Waals surface area contributed by atoms with Crippen LogP contribution in [0.1, 0.15) is 25.3 Å². The number of oxazole rings is 1. The molecule has 4 heteroatoms. The number of hydrogen-bond donors (Lipinski definition) is 1. The minimum absolute atomic E-state index is 0.417. The topological polar surface area (TPSA) is 51.2 Å². The van der Waals surface area contributed by atoms with Gasteiger partial charge in [-0.25, -0.2) is 4.98 Å². The standard InChI is InChI=1S/C12H16N2O2/c1-8(2)13-7-11-14-6-10(16-11)12-9(3)4-5-15-12/h4-6,8,13H,7H2,1-3H3. The lowest BCUT2D eigenvalue weighted by atomic mass is 10.2. The lowest BCUT2D eigenvalue weighted by molar-refractivity contribution is 0.447. The molecule has 0 atom stereocenters. The third-order valence-electron chi connectivity index (χ3n) is 2.30. The van der Waals surface area contributed by atoms with Gasteiger partial charge < -0.3 is 14.2 Å². The van der Waals surface area contributed by atoms with Crippen molar-refractivity contribution in [3.63, 3.8) is 0 Å². The molecule has 0 aliphatic rings. The summed E-state index contributed by atoms with van der Waals surface area (Å²) < 4.78 is 10.9. The summed E-state index contributed by atoms with van der Waals surface area (Å²) >= 11 is 0. The van der Waals surface area contributed by atoms with Gasteiger partial charge in [0.2, 0.25) is 5.89 Å². The van der Waals surface area contributed by atoms with Crippen LogP contribution in [0.15, 0.2) is 27.4 Å². The maximum Gasteiger partial charge on any atom is 0.209 e. The number of nitrogens with one attached hydrogen (secondary N) is 1. The molecule has 0 aliphatic carbocycles. The average Bonchev–Trinajstić information content (AvgIpc) is 2.83. The molecule has 2 aromatic rings. The molecule has 0 bridgehead atoms. The van der Waals surface area contributed by atoms with Crippen molar-refractivity contribution in [3.8, 4) is 11.5 Å². The van der Waals surface area contributed by atoms with Crippen LogP contribution in [0.2, 0.25) is 0 Å². The molecule has 2 rings (SSSR count). The molecule has 0 unspecified atom stereocenters. The first-order chi connectivity index (χ1) is 7.66. The lowest BCUT2D eigenvalue weighted by Gasteiger charge is -2.03. The molecule has 16 heavy (non-hydrogen) atoms. The van der Waals surface area contributed by atoms with Crippen LogP contribution in [-0.2, 0) is 6.54 Å². The molecule has 1 N–H and O–H groups in total. The lowest BCUT2D eigenvalue weighted by Crippen LogP contribution is -2.21. The highest BCUT2D eigenvalue weighted by atomic mass is 16.4. The summed E-state index contributed by atoms with van der Waals surface area (Å²) in [6, 6.07) is 2.32. The molecule has 0 saturated carbocycles. The Morgan fingerprint density at radius 1 is 1.44 bits per heavy atom. The summed E-state index contributed by atoms with van der Waals surface area (Å²) in [6.45, 7) is 6.78. The minimum Gasteiger partial charge on any atom is -0.461 e. The van der Waals surface area contributed by atoms with Gasteiger partial charge in [0.25, 0.3) is 0 Å². The van der Waals surface area contributed by atoms with Crippen LogP contribution in [0.5, 0.6) is 0 Å². The van der Waals surface area contributed by atoms with E-state index in [9.17, 15) is 0 Å². The van der Waals surface area contributed by atoms with Gasteiger partial charge in [0.1, 0.15) is 0 Å². The molecule has 0 fully saturated rings. The third-order valence-corrected chi connectivity index (χ3v) is 2.30. The predicted molar refractivity (Wildman–Crippen MR) is 60.9 cm³/mol. The first kappa shape index (κ1) is 11.0. The van der Waals surface area contributed by atoms with E-state index >= 15 is 0 Å². The van der Waals surface area contributed by atoms with Crippen molar-refractivity contribution in [2.24, 2.45) is 0 Å². The van der Waals surface area contributed by atoms with Crippen LogP contribution in [-0.4, -0.2) is 11.0 Å². The Morgan fingerprint density at radius 3 is 2.88 bits per heavy atom. The minimum atomic E-state index is 0.417.